The molecular formula is C10H17N. The predicted molar refractivity (Wildman–Crippen MR) is 45.0 cm³/mol. The molecule has 3 saturated carbocycles. The van der Waals surface area contributed by atoms with Crippen molar-refractivity contribution in [3.05, 3.63) is 0 Å². The fourth-order valence-corrected chi connectivity index (χ4v) is 4.01. The summed E-state index contributed by atoms with van der Waals surface area (Å²) >= 11 is 0. The van der Waals surface area contributed by atoms with Crippen molar-refractivity contribution in [1.29, 1.82) is 0 Å². The lowest BCUT2D eigenvalue weighted by atomic mass is 9.70. The molecule has 1 nitrogen and oxygen atoms in total. The molecule has 0 aromatic rings. The summed E-state index contributed by atoms with van der Waals surface area (Å²) in [6.07, 6.45) is 7.38. The second-order valence-electron chi connectivity index (χ2n) is 5.00. The molecule has 3 aliphatic carbocycles. The smallest absolute Gasteiger partial charge is 0.00725 e. The zero-order valence-corrected chi connectivity index (χ0v) is 7.00. The van der Waals surface area contributed by atoms with Gasteiger partial charge < -0.3 is 5.73 Å². The summed E-state index contributed by atoms with van der Waals surface area (Å²) in [5.74, 6) is 4.08. The van der Waals surface area contributed by atoms with Crippen LogP contribution >= 0.6 is 0 Å². The average Bonchev–Trinajstić information content (AvgIpc) is 2.19. The van der Waals surface area contributed by atoms with E-state index in [4.69, 9.17) is 5.73 Å². The van der Waals surface area contributed by atoms with E-state index >= 15 is 0 Å². The van der Waals surface area contributed by atoms with E-state index in [2.05, 4.69) is 0 Å². The second-order valence-corrected chi connectivity index (χ2v) is 5.00. The highest BCUT2D eigenvalue weighted by Gasteiger charge is 2.47. The van der Waals surface area contributed by atoms with Gasteiger partial charge in [-0.2, -0.15) is 0 Å². The predicted octanol–water partition coefficient (Wildman–Crippen LogP) is 1.77. The molecule has 3 fully saturated rings. The molecule has 0 aliphatic heterocycles. The third kappa shape index (κ3) is 0.807. The summed E-state index contributed by atoms with van der Waals surface area (Å²) in [6.45, 7) is 0. The Balaban J connectivity index is 1.94. The van der Waals surface area contributed by atoms with Crippen LogP contribution in [0.15, 0.2) is 0 Å². The van der Waals surface area contributed by atoms with Crippen LogP contribution in [0.2, 0.25) is 0 Å². The highest BCUT2D eigenvalue weighted by Crippen LogP contribution is 2.54. The Morgan fingerprint density at radius 2 is 1.55 bits per heavy atom. The van der Waals surface area contributed by atoms with Crippen LogP contribution in [0.3, 0.4) is 0 Å². The molecule has 0 aromatic carbocycles. The van der Waals surface area contributed by atoms with Crippen molar-refractivity contribution in [2.75, 3.05) is 0 Å². The standard InChI is InChI=1S/C10H17N/c11-10-5-7-1-6-2-8(3-7)9(10)4-6/h6-10H,1-5,11H2/t6-,7+,8+,9+,10-/m0/s1. The van der Waals surface area contributed by atoms with E-state index < -0.39 is 0 Å². The Bertz CT molecular complexity index is 173. The lowest BCUT2D eigenvalue weighted by molar-refractivity contribution is 0.156. The number of nitrogens with two attached hydrogens (primary N) is 1. The Morgan fingerprint density at radius 3 is 2.36 bits per heavy atom. The molecule has 1 heteroatoms. The van der Waals surface area contributed by atoms with Gasteiger partial charge in [0, 0.05) is 6.04 Å². The van der Waals surface area contributed by atoms with Crippen LogP contribution in [0.25, 0.3) is 0 Å². The monoisotopic (exact) mass is 151 g/mol. The minimum Gasteiger partial charge on any atom is -0.327 e. The topological polar surface area (TPSA) is 26.0 Å². The second kappa shape index (κ2) is 2.01. The van der Waals surface area contributed by atoms with Crippen molar-refractivity contribution in [2.24, 2.45) is 29.4 Å². The Morgan fingerprint density at radius 1 is 0.818 bits per heavy atom. The van der Waals surface area contributed by atoms with Crippen LogP contribution in [0.1, 0.15) is 32.1 Å². The summed E-state index contributed by atoms with van der Waals surface area (Å²) in [5.41, 5.74) is 6.14. The van der Waals surface area contributed by atoms with E-state index in [-0.39, 0.29) is 0 Å². The van der Waals surface area contributed by atoms with E-state index in [9.17, 15) is 0 Å². The van der Waals surface area contributed by atoms with Gasteiger partial charge in [0.2, 0.25) is 0 Å². The zero-order chi connectivity index (χ0) is 7.42. The third-order valence-electron chi connectivity index (χ3n) is 4.31. The van der Waals surface area contributed by atoms with Gasteiger partial charge in [0.25, 0.3) is 0 Å². The van der Waals surface area contributed by atoms with Crippen LogP contribution in [-0.2, 0) is 0 Å². The lowest BCUT2D eigenvalue weighted by Crippen LogP contribution is -2.39. The molecular weight excluding hydrogens is 134 g/mol. The minimum absolute atomic E-state index is 0.575. The molecule has 0 aromatic heterocycles. The highest BCUT2D eigenvalue weighted by atomic mass is 14.7. The van der Waals surface area contributed by atoms with Gasteiger partial charge in [-0.1, -0.05) is 0 Å². The van der Waals surface area contributed by atoms with Crippen molar-refractivity contribution in [3.8, 4) is 0 Å². The van der Waals surface area contributed by atoms with E-state index in [0.717, 1.165) is 23.7 Å². The first-order valence-electron chi connectivity index (χ1n) is 5.08. The Kier molecular flexibility index (Phi) is 1.18. The van der Waals surface area contributed by atoms with Gasteiger partial charge in [-0.15, -0.1) is 0 Å². The van der Waals surface area contributed by atoms with Crippen LogP contribution in [0, 0.1) is 23.7 Å². The maximum absolute atomic E-state index is 6.14. The quantitative estimate of drug-likeness (QED) is 0.561. The molecule has 0 amide bonds. The van der Waals surface area contributed by atoms with Crippen LogP contribution < -0.4 is 5.73 Å². The van der Waals surface area contributed by atoms with Crippen molar-refractivity contribution in [3.63, 3.8) is 0 Å². The Labute approximate surface area is 68.3 Å². The molecule has 3 aliphatic rings. The normalized spacial score (nSPS) is 60.3. The first-order chi connectivity index (χ1) is 5.33. The Hall–Kier alpha value is -0.0400. The van der Waals surface area contributed by atoms with E-state index in [1.807, 2.05) is 0 Å². The van der Waals surface area contributed by atoms with Crippen molar-refractivity contribution in [1.82, 2.24) is 0 Å². The van der Waals surface area contributed by atoms with Gasteiger partial charge in [0.15, 0.2) is 0 Å². The van der Waals surface area contributed by atoms with Gasteiger partial charge in [0.1, 0.15) is 0 Å². The van der Waals surface area contributed by atoms with Gasteiger partial charge in [0.05, 0.1) is 0 Å². The summed E-state index contributed by atoms with van der Waals surface area (Å²) in [7, 11) is 0. The fourth-order valence-electron chi connectivity index (χ4n) is 4.01. The summed E-state index contributed by atoms with van der Waals surface area (Å²) in [6, 6.07) is 0.575. The number of fused-ring (bicyclic) bond motifs is 2. The molecule has 62 valence electrons. The SMILES string of the molecule is N[C@H]1C[C@@H]2C[C@H]3C[C@H](C2)[C@H]1C3. The largest absolute Gasteiger partial charge is 0.327 e. The van der Waals surface area contributed by atoms with E-state index in [1.165, 1.54) is 32.1 Å². The van der Waals surface area contributed by atoms with E-state index in [0.29, 0.717) is 6.04 Å². The van der Waals surface area contributed by atoms with Gasteiger partial charge in [-0.05, 0) is 55.8 Å². The van der Waals surface area contributed by atoms with Gasteiger partial charge in [-0.3, -0.25) is 0 Å². The first kappa shape index (κ1) is 6.47. The molecule has 11 heavy (non-hydrogen) atoms. The molecule has 5 atom stereocenters. The van der Waals surface area contributed by atoms with Crippen molar-refractivity contribution < 1.29 is 0 Å². The van der Waals surface area contributed by atoms with Gasteiger partial charge in [-0.25, -0.2) is 0 Å². The molecule has 0 spiro atoms. The highest BCUT2D eigenvalue weighted by molar-refractivity contribution is 5.00. The maximum atomic E-state index is 6.14. The molecule has 3 rings (SSSR count). The van der Waals surface area contributed by atoms with Crippen molar-refractivity contribution in [2.45, 2.75) is 38.1 Å². The summed E-state index contributed by atoms with van der Waals surface area (Å²) < 4.78 is 0. The fraction of sp³-hybridized carbons (Fsp3) is 1.00. The molecule has 0 radical (unpaired) electrons. The average molecular weight is 151 g/mol. The lowest BCUT2D eigenvalue weighted by Gasteiger charge is -2.37. The molecule has 0 heterocycles. The van der Waals surface area contributed by atoms with Crippen LogP contribution in [0.5, 0.6) is 0 Å². The minimum atomic E-state index is 0.575. The van der Waals surface area contributed by atoms with Crippen LogP contribution in [0.4, 0.5) is 0 Å². The summed E-state index contributed by atoms with van der Waals surface area (Å²) in [5, 5.41) is 0. The molecule has 3 bridgehead atoms. The van der Waals surface area contributed by atoms with Crippen molar-refractivity contribution >= 4 is 0 Å². The molecule has 2 N–H and O–H groups in total. The van der Waals surface area contributed by atoms with Gasteiger partial charge >= 0.3 is 0 Å². The molecule has 0 saturated heterocycles. The van der Waals surface area contributed by atoms with Crippen LogP contribution in [-0.4, -0.2) is 6.04 Å². The third-order valence-corrected chi connectivity index (χ3v) is 4.31. The summed E-state index contributed by atoms with van der Waals surface area (Å²) in [4.78, 5) is 0. The number of rotatable bonds is 0. The number of hydrogen-bond donors (Lipinski definition) is 1. The zero-order valence-electron chi connectivity index (χ0n) is 7.00. The first-order valence-corrected chi connectivity index (χ1v) is 5.08. The van der Waals surface area contributed by atoms with E-state index in [1.54, 1.807) is 0 Å². The molecule has 0 unspecified atom stereocenters. The number of hydrogen-bond acceptors (Lipinski definition) is 1. The maximum Gasteiger partial charge on any atom is 0.00725 e.